The Morgan fingerprint density at radius 2 is 1.65 bits per heavy atom. The van der Waals surface area contributed by atoms with Crippen LogP contribution in [-0.4, -0.2) is 19.6 Å². The molecule has 0 radical (unpaired) electrons. The number of hydrogen-bond acceptors (Lipinski definition) is 3. The van der Waals surface area contributed by atoms with Gasteiger partial charge in [0.25, 0.3) is 0 Å². The molecule has 4 nitrogen and oxygen atoms in total. The highest BCUT2D eigenvalue weighted by Crippen LogP contribution is 2.59. The minimum atomic E-state index is 0.585. The van der Waals surface area contributed by atoms with E-state index in [1.54, 1.807) is 0 Å². The monoisotopic (exact) mass is 304 g/mol. The van der Waals surface area contributed by atoms with Gasteiger partial charge in [-0.2, -0.15) is 0 Å². The number of nitrogens with zero attached hydrogens (tertiary/aromatic N) is 4. The number of fused-ring (bicyclic) bond motifs is 3. The predicted octanol–water partition coefficient (Wildman–Crippen LogP) is 3.82. The van der Waals surface area contributed by atoms with Crippen molar-refractivity contribution < 1.29 is 0 Å². The maximum absolute atomic E-state index is 5.00. The van der Waals surface area contributed by atoms with Crippen LogP contribution in [0.15, 0.2) is 30.6 Å². The van der Waals surface area contributed by atoms with E-state index in [-0.39, 0.29) is 0 Å². The Morgan fingerprint density at radius 1 is 0.913 bits per heavy atom. The van der Waals surface area contributed by atoms with Crippen molar-refractivity contribution in [2.45, 2.75) is 38.0 Å². The second-order valence-electron chi connectivity index (χ2n) is 7.96. The molecule has 116 valence electrons. The lowest BCUT2D eigenvalue weighted by molar-refractivity contribution is -0.00556. The molecule has 4 aliphatic rings. The van der Waals surface area contributed by atoms with Crippen molar-refractivity contribution >= 4 is 16.6 Å². The van der Waals surface area contributed by atoms with E-state index in [1.807, 2.05) is 23.0 Å². The maximum atomic E-state index is 5.00. The van der Waals surface area contributed by atoms with Crippen LogP contribution in [0.1, 0.15) is 43.8 Å². The second-order valence-corrected chi connectivity index (χ2v) is 7.96. The van der Waals surface area contributed by atoms with Gasteiger partial charge in [0.2, 0.25) is 0 Å². The molecule has 1 aromatic carbocycles. The van der Waals surface area contributed by atoms with Crippen LogP contribution in [0.5, 0.6) is 0 Å². The smallest absolute Gasteiger partial charge is 0.166 e. The zero-order valence-corrected chi connectivity index (χ0v) is 13.1. The molecule has 4 aliphatic carbocycles. The van der Waals surface area contributed by atoms with E-state index in [1.165, 1.54) is 32.1 Å². The largest absolute Gasteiger partial charge is 0.236 e. The Labute approximate surface area is 134 Å². The molecular weight excluding hydrogens is 284 g/mol. The van der Waals surface area contributed by atoms with Gasteiger partial charge in [0, 0.05) is 11.3 Å². The molecule has 0 saturated heterocycles. The summed E-state index contributed by atoms with van der Waals surface area (Å²) in [6.07, 6.45) is 8.95. The van der Waals surface area contributed by atoms with E-state index < -0.39 is 0 Å². The van der Waals surface area contributed by atoms with Gasteiger partial charge in [-0.05, 0) is 67.9 Å². The molecule has 4 heteroatoms. The quantitative estimate of drug-likeness (QED) is 0.686. The van der Waals surface area contributed by atoms with E-state index >= 15 is 0 Å². The SMILES string of the molecule is c1ccc2c(c1)ncn1nc(C3C4CC5CC(C4)CC3C5)nc21. The number of para-hydroxylation sites is 1. The Bertz CT molecular complexity index is 884. The average molecular weight is 304 g/mol. The molecule has 0 aliphatic heterocycles. The average Bonchev–Trinajstić information content (AvgIpc) is 2.98. The number of benzene rings is 1. The van der Waals surface area contributed by atoms with E-state index in [2.05, 4.69) is 17.1 Å². The van der Waals surface area contributed by atoms with Crippen molar-refractivity contribution in [2.75, 3.05) is 0 Å². The van der Waals surface area contributed by atoms with E-state index in [0.29, 0.717) is 5.92 Å². The molecular formula is C19H20N4. The summed E-state index contributed by atoms with van der Waals surface area (Å²) in [5, 5.41) is 5.96. The molecule has 0 amide bonds. The number of aromatic nitrogens is 4. The highest BCUT2D eigenvalue weighted by atomic mass is 15.3. The summed E-state index contributed by atoms with van der Waals surface area (Å²) >= 11 is 0. The first-order valence-electron chi connectivity index (χ1n) is 8.95. The van der Waals surface area contributed by atoms with E-state index in [4.69, 9.17) is 10.1 Å². The minimum Gasteiger partial charge on any atom is -0.236 e. The van der Waals surface area contributed by atoms with Crippen LogP contribution in [0.3, 0.4) is 0 Å². The molecule has 2 aromatic heterocycles. The molecule has 3 aromatic rings. The zero-order valence-electron chi connectivity index (χ0n) is 13.1. The van der Waals surface area contributed by atoms with Gasteiger partial charge < -0.3 is 0 Å². The second kappa shape index (κ2) is 4.31. The van der Waals surface area contributed by atoms with Crippen molar-refractivity contribution in [2.24, 2.45) is 23.7 Å². The standard InChI is InChI=1S/C19H20N4/c1-2-4-16-15(3-1)19-21-18(22-23(19)10-20-16)17-13-6-11-5-12(8-13)9-14(17)7-11/h1-4,10-14,17H,5-9H2. The highest BCUT2D eigenvalue weighted by molar-refractivity contribution is 5.90. The van der Waals surface area contributed by atoms with Crippen LogP contribution in [0.25, 0.3) is 16.6 Å². The van der Waals surface area contributed by atoms with Crippen molar-refractivity contribution in [3.05, 3.63) is 36.4 Å². The lowest BCUT2D eigenvalue weighted by Gasteiger charge is -2.53. The summed E-state index contributed by atoms with van der Waals surface area (Å²) in [5.74, 6) is 5.30. The maximum Gasteiger partial charge on any atom is 0.166 e. The summed E-state index contributed by atoms with van der Waals surface area (Å²) in [6, 6.07) is 8.24. The molecule has 0 N–H and O–H groups in total. The van der Waals surface area contributed by atoms with Crippen LogP contribution in [0.4, 0.5) is 0 Å². The first kappa shape index (κ1) is 12.5. The Hall–Kier alpha value is -1.97. The molecule has 2 heterocycles. The van der Waals surface area contributed by atoms with Gasteiger partial charge in [-0.3, -0.25) is 0 Å². The normalized spacial score (nSPS) is 35.4. The summed E-state index contributed by atoms with van der Waals surface area (Å²) in [4.78, 5) is 9.52. The van der Waals surface area contributed by atoms with E-state index in [0.717, 1.165) is 46.0 Å². The lowest BCUT2D eigenvalue weighted by atomic mass is 9.52. The molecule has 4 saturated carbocycles. The van der Waals surface area contributed by atoms with Crippen molar-refractivity contribution in [1.82, 2.24) is 19.6 Å². The molecule has 7 rings (SSSR count). The fourth-order valence-corrected chi connectivity index (χ4v) is 5.98. The molecule has 0 spiro atoms. The van der Waals surface area contributed by atoms with Gasteiger partial charge >= 0.3 is 0 Å². The van der Waals surface area contributed by atoms with Gasteiger partial charge in [-0.25, -0.2) is 14.5 Å². The van der Waals surface area contributed by atoms with Gasteiger partial charge in [0.05, 0.1) is 5.52 Å². The van der Waals surface area contributed by atoms with Crippen LogP contribution in [-0.2, 0) is 0 Å². The molecule has 4 bridgehead atoms. The summed E-state index contributed by atoms with van der Waals surface area (Å²) in [5.41, 5.74) is 1.98. The fourth-order valence-electron chi connectivity index (χ4n) is 5.98. The predicted molar refractivity (Wildman–Crippen MR) is 88.1 cm³/mol. The van der Waals surface area contributed by atoms with Crippen LogP contribution in [0, 0.1) is 23.7 Å². The number of rotatable bonds is 1. The minimum absolute atomic E-state index is 0.585. The zero-order chi connectivity index (χ0) is 15.0. The lowest BCUT2D eigenvalue weighted by Crippen LogP contribution is -2.44. The summed E-state index contributed by atoms with van der Waals surface area (Å²) in [7, 11) is 0. The van der Waals surface area contributed by atoms with Crippen molar-refractivity contribution in [3.8, 4) is 0 Å². The fraction of sp³-hybridized carbons (Fsp3) is 0.526. The molecule has 4 fully saturated rings. The van der Waals surface area contributed by atoms with Gasteiger partial charge in [0.15, 0.2) is 11.5 Å². The molecule has 0 atom stereocenters. The van der Waals surface area contributed by atoms with Crippen molar-refractivity contribution in [3.63, 3.8) is 0 Å². The van der Waals surface area contributed by atoms with Crippen LogP contribution >= 0.6 is 0 Å². The Balaban J connectivity index is 1.51. The first-order valence-corrected chi connectivity index (χ1v) is 8.95. The first-order chi connectivity index (χ1) is 11.3. The topological polar surface area (TPSA) is 43.1 Å². The van der Waals surface area contributed by atoms with Gasteiger partial charge in [0.1, 0.15) is 6.33 Å². The molecule has 0 unspecified atom stereocenters. The van der Waals surface area contributed by atoms with Crippen LogP contribution in [0.2, 0.25) is 0 Å². The third-order valence-electron chi connectivity index (χ3n) is 6.62. The summed E-state index contributed by atoms with van der Waals surface area (Å²) in [6.45, 7) is 0. The third kappa shape index (κ3) is 1.69. The molecule has 23 heavy (non-hydrogen) atoms. The highest BCUT2D eigenvalue weighted by Gasteiger charge is 2.50. The van der Waals surface area contributed by atoms with Crippen molar-refractivity contribution in [1.29, 1.82) is 0 Å². The van der Waals surface area contributed by atoms with E-state index in [9.17, 15) is 0 Å². The third-order valence-corrected chi connectivity index (χ3v) is 6.62. The summed E-state index contributed by atoms with van der Waals surface area (Å²) < 4.78 is 1.89. The van der Waals surface area contributed by atoms with Gasteiger partial charge in [-0.1, -0.05) is 12.1 Å². The van der Waals surface area contributed by atoms with Gasteiger partial charge in [-0.15, -0.1) is 5.10 Å². The number of hydrogen-bond donors (Lipinski definition) is 0. The van der Waals surface area contributed by atoms with Crippen LogP contribution < -0.4 is 0 Å². The Kier molecular flexibility index (Phi) is 2.33. The Morgan fingerprint density at radius 3 is 2.43 bits per heavy atom.